The molecule has 4 aliphatic heterocycles. The molecular formula is C26H45NO20. The third-order valence-corrected chi connectivity index (χ3v) is 8.47. The molecule has 0 spiro atoms. The highest BCUT2D eigenvalue weighted by atomic mass is 16.8. The first kappa shape index (κ1) is 38.5. The van der Waals surface area contributed by atoms with Gasteiger partial charge in [0.25, 0.3) is 0 Å². The molecule has 21 nitrogen and oxygen atoms in total. The van der Waals surface area contributed by atoms with Gasteiger partial charge in [0.15, 0.2) is 25.2 Å². The molecule has 0 radical (unpaired) electrons. The van der Waals surface area contributed by atoms with E-state index in [1.54, 1.807) is 0 Å². The zero-order valence-electron chi connectivity index (χ0n) is 25.1. The number of aliphatic hydroxyl groups is 12. The topological polar surface area (TPSA) is 336 Å². The minimum Gasteiger partial charge on any atom is -0.394 e. The standard InChI is InChI=1S/C26H45NO20/c1-7(31)27-13-17(35)22(12(5-30)43-23(13)40)47-25-16(34)9(44-26-21(39)19(37)15(33)11(4-29)46-26)2-8(42-25)6-41-24-20(38)18(36)14(32)10(3-28)45-24/h8-26,28-30,32-40H,2-6H2,1H3,(H,27,31)/t8-,9-,10+,11+,12+,13+,14+,15+,16-,17+,18-,19-,20-,21-,22+,23?,24-,25-,26-/m0/s1. The van der Waals surface area contributed by atoms with E-state index in [-0.39, 0.29) is 6.42 Å². The predicted molar refractivity (Wildman–Crippen MR) is 144 cm³/mol. The fourth-order valence-corrected chi connectivity index (χ4v) is 5.81. The van der Waals surface area contributed by atoms with Gasteiger partial charge in [0.05, 0.1) is 38.6 Å². The Balaban J connectivity index is 1.55. The fourth-order valence-electron chi connectivity index (χ4n) is 5.81. The van der Waals surface area contributed by atoms with Gasteiger partial charge in [-0.2, -0.15) is 0 Å². The zero-order chi connectivity index (χ0) is 34.7. The Morgan fingerprint density at radius 3 is 1.72 bits per heavy atom. The van der Waals surface area contributed by atoms with Crippen molar-refractivity contribution in [1.82, 2.24) is 5.32 Å². The first-order valence-electron chi connectivity index (χ1n) is 15.0. The zero-order valence-corrected chi connectivity index (χ0v) is 25.1. The largest absolute Gasteiger partial charge is 0.394 e. The van der Waals surface area contributed by atoms with E-state index in [0.717, 1.165) is 6.92 Å². The molecule has 47 heavy (non-hydrogen) atoms. The van der Waals surface area contributed by atoms with Crippen LogP contribution in [-0.4, -0.2) is 210 Å². The van der Waals surface area contributed by atoms with Crippen molar-refractivity contribution in [3.05, 3.63) is 0 Å². The Labute approximate surface area is 267 Å². The minimum absolute atomic E-state index is 0.284. The van der Waals surface area contributed by atoms with Crippen molar-refractivity contribution < 1.29 is 99.2 Å². The van der Waals surface area contributed by atoms with Crippen LogP contribution in [0.4, 0.5) is 0 Å². The van der Waals surface area contributed by atoms with Crippen molar-refractivity contribution in [1.29, 1.82) is 0 Å². The summed E-state index contributed by atoms with van der Waals surface area (Å²) in [5, 5.41) is 125. The first-order chi connectivity index (χ1) is 22.2. The normalized spacial score (nSPS) is 49.4. The van der Waals surface area contributed by atoms with E-state index in [4.69, 9.17) is 33.2 Å². The van der Waals surface area contributed by atoms with Gasteiger partial charge in [0.1, 0.15) is 79.3 Å². The predicted octanol–water partition coefficient (Wildman–Crippen LogP) is -8.58. The van der Waals surface area contributed by atoms with Crippen LogP contribution in [0.5, 0.6) is 0 Å². The summed E-state index contributed by atoms with van der Waals surface area (Å²) >= 11 is 0. The van der Waals surface area contributed by atoms with Gasteiger partial charge in [-0.25, -0.2) is 0 Å². The Hall–Kier alpha value is -1.29. The summed E-state index contributed by atoms with van der Waals surface area (Å²) < 4.78 is 39.0. The summed E-state index contributed by atoms with van der Waals surface area (Å²) in [5.74, 6) is -0.648. The fraction of sp³-hybridized carbons (Fsp3) is 0.962. The van der Waals surface area contributed by atoms with E-state index in [1.165, 1.54) is 0 Å². The van der Waals surface area contributed by atoms with Crippen LogP contribution in [0.15, 0.2) is 0 Å². The second-order valence-corrected chi connectivity index (χ2v) is 11.8. The summed E-state index contributed by atoms with van der Waals surface area (Å²) in [6.45, 7) is -1.69. The molecule has 21 heteroatoms. The molecule has 274 valence electrons. The van der Waals surface area contributed by atoms with Crippen LogP contribution < -0.4 is 5.32 Å². The van der Waals surface area contributed by atoms with Crippen LogP contribution in [-0.2, 0) is 38.0 Å². The van der Waals surface area contributed by atoms with Gasteiger partial charge >= 0.3 is 0 Å². The summed E-state index contributed by atoms with van der Waals surface area (Å²) in [5.41, 5.74) is 0. The number of hydrogen-bond donors (Lipinski definition) is 13. The molecule has 0 aromatic heterocycles. The highest BCUT2D eigenvalue weighted by Gasteiger charge is 2.52. The molecule has 19 atom stereocenters. The average Bonchev–Trinajstić information content (AvgIpc) is 3.04. The third-order valence-electron chi connectivity index (χ3n) is 8.47. The molecule has 13 N–H and O–H groups in total. The second-order valence-electron chi connectivity index (χ2n) is 11.8. The number of aliphatic hydroxyl groups excluding tert-OH is 12. The molecule has 0 aromatic carbocycles. The molecule has 4 rings (SSSR count). The summed E-state index contributed by atoms with van der Waals surface area (Å²) in [6, 6.07) is -1.44. The smallest absolute Gasteiger partial charge is 0.217 e. The van der Waals surface area contributed by atoms with Gasteiger partial charge < -0.3 is 99.8 Å². The van der Waals surface area contributed by atoms with Crippen LogP contribution in [0.3, 0.4) is 0 Å². The van der Waals surface area contributed by atoms with Gasteiger partial charge in [-0.3, -0.25) is 4.79 Å². The van der Waals surface area contributed by atoms with E-state index in [2.05, 4.69) is 5.32 Å². The van der Waals surface area contributed by atoms with Crippen LogP contribution in [0, 0.1) is 0 Å². The SMILES string of the molecule is CC(=O)N[C@H]1C(O)O[C@H](CO)[C@@H](O[C@@H]2O[C@H](CO[C@H]3O[C@H](CO)[C@@H](O)[C@H](O)[C@@H]3O)C[C@H](O[C@H]3O[C@H](CO)[C@@H](O)[C@H](O)[C@@H]3O)[C@@H]2O)[C@@H]1O. The van der Waals surface area contributed by atoms with Crippen molar-refractivity contribution in [2.24, 2.45) is 0 Å². The lowest BCUT2D eigenvalue weighted by molar-refractivity contribution is -0.364. The molecule has 0 saturated carbocycles. The molecule has 0 aromatic rings. The maximum absolute atomic E-state index is 11.7. The molecule has 1 amide bonds. The molecule has 0 bridgehead atoms. The molecule has 4 saturated heterocycles. The number of hydrogen-bond acceptors (Lipinski definition) is 20. The van der Waals surface area contributed by atoms with Crippen molar-refractivity contribution >= 4 is 5.91 Å². The second kappa shape index (κ2) is 16.6. The van der Waals surface area contributed by atoms with E-state index in [0.29, 0.717) is 0 Å². The first-order valence-corrected chi connectivity index (χ1v) is 15.0. The molecule has 4 aliphatic rings. The van der Waals surface area contributed by atoms with Crippen molar-refractivity contribution in [2.45, 2.75) is 130 Å². The number of rotatable bonds is 11. The summed E-state index contributed by atoms with van der Waals surface area (Å²) in [6.07, 6.45) is -29.4. The van der Waals surface area contributed by atoms with E-state index < -0.39 is 149 Å². The lowest BCUT2D eigenvalue weighted by Gasteiger charge is -2.47. The Morgan fingerprint density at radius 1 is 0.638 bits per heavy atom. The van der Waals surface area contributed by atoms with Crippen molar-refractivity contribution in [3.8, 4) is 0 Å². The lowest BCUT2D eigenvalue weighted by atomic mass is 9.96. The lowest BCUT2D eigenvalue weighted by Crippen LogP contribution is -2.66. The summed E-state index contributed by atoms with van der Waals surface area (Å²) in [7, 11) is 0. The van der Waals surface area contributed by atoms with Gasteiger partial charge in [-0.15, -0.1) is 0 Å². The number of ether oxygens (including phenoxy) is 7. The van der Waals surface area contributed by atoms with Gasteiger partial charge in [0, 0.05) is 13.3 Å². The quantitative estimate of drug-likeness (QED) is 0.0956. The number of nitrogens with one attached hydrogen (secondary N) is 1. The average molecular weight is 692 g/mol. The third kappa shape index (κ3) is 8.54. The molecule has 1 unspecified atom stereocenters. The molecule has 0 aliphatic carbocycles. The van der Waals surface area contributed by atoms with E-state index >= 15 is 0 Å². The number of amides is 1. The maximum Gasteiger partial charge on any atom is 0.217 e. The van der Waals surface area contributed by atoms with Gasteiger partial charge in [-0.05, 0) is 0 Å². The van der Waals surface area contributed by atoms with E-state index in [9.17, 15) is 66.1 Å². The van der Waals surface area contributed by atoms with Crippen LogP contribution in [0.2, 0.25) is 0 Å². The van der Waals surface area contributed by atoms with Gasteiger partial charge in [-0.1, -0.05) is 0 Å². The minimum atomic E-state index is -1.86. The highest BCUT2D eigenvalue weighted by molar-refractivity contribution is 5.73. The summed E-state index contributed by atoms with van der Waals surface area (Å²) in [4.78, 5) is 11.7. The Morgan fingerprint density at radius 2 is 1.17 bits per heavy atom. The monoisotopic (exact) mass is 691 g/mol. The van der Waals surface area contributed by atoms with E-state index in [1.807, 2.05) is 0 Å². The van der Waals surface area contributed by atoms with Crippen LogP contribution in [0.1, 0.15) is 13.3 Å². The Bertz CT molecular complexity index is 994. The Kier molecular flexibility index (Phi) is 13.6. The van der Waals surface area contributed by atoms with Crippen molar-refractivity contribution in [3.63, 3.8) is 0 Å². The van der Waals surface area contributed by atoms with Gasteiger partial charge in [0.2, 0.25) is 5.91 Å². The molecule has 4 fully saturated rings. The maximum atomic E-state index is 11.7. The number of carbonyl (C=O) groups excluding carboxylic acids is 1. The van der Waals surface area contributed by atoms with Crippen LogP contribution >= 0.6 is 0 Å². The van der Waals surface area contributed by atoms with Crippen molar-refractivity contribution in [2.75, 3.05) is 26.4 Å². The molecule has 4 heterocycles. The number of carbonyl (C=O) groups is 1. The van der Waals surface area contributed by atoms with Crippen LogP contribution in [0.25, 0.3) is 0 Å². The highest BCUT2D eigenvalue weighted by Crippen LogP contribution is 2.33. The molecular weight excluding hydrogens is 646 g/mol.